The Hall–Kier alpha value is -0.600. The van der Waals surface area contributed by atoms with Crippen molar-refractivity contribution in [1.29, 1.82) is 0 Å². The Morgan fingerprint density at radius 2 is 2.05 bits per heavy atom. The summed E-state index contributed by atoms with van der Waals surface area (Å²) in [4.78, 5) is 0. The lowest BCUT2D eigenvalue weighted by atomic mass is 9.81. The second kappa shape index (κ2) is 7.99. The van der Waals surface area contributed by atoms with Crippen molar-refractivity contribution >= 4 is 11.6 Å². The van der Waals surface area contributed by atoms with Crippen molar-refractivity contribution in [2.75, 3.05) is 6.54 Å². The van der Waals surface area contributed by atoms with Gasteiger partial charge in [-0.25, -0.2) is 4.39 Å². The number of rotatable bonds is 6. The van der Waals surface area contributed by atoms with Gasteiger partial charge in [-0.3, -0.25) is 0 Å². The first-order valence-electron chi connectivity index (χ1n) is 7.88. The molecule has 0 aromatic heterocycles. The second-order valence-corrected chi connectivity index (χ2v) is 6.32. The minimum absolute atomic E-state index is 0.236. The van der Waals surface area contributed by atoms with Crippen molar-refractivity contribution in [2.45, 2.75) is 57.9 Å². The number of benzene rings is 1. The lowest BCUT2D eigenvalue weighted by Crippen LogP contribution is -2.39. The van der Waals surface area contributed by atoms with Gasteiger partial charge in [0.25, 0.3) is 0 Å². The van der Waals surface area contributed by atoms with Gasteiger partial charge in [0, 0.05) is 6.04 Å². The van der Waals surface area contributed by atoms with Crippen LogP contribution < -0.4 is 5.32 Å². The average Bonchev–Trinajstić information content (AvgIpc) is 2.48. The van der Waals surface area contributed by atoms with Crippen LogP contribution in [-0.4, -0.2) is 12.6 Å². The van der Waals surface area contributed by atoms with Gasteiger partial charge in [0.2, 0.25) is 0 Å². The molecule has 0 saturated heterocycles. The average molecular weight is 298 g/mol. The summed E-state index contributed by atoms with van der Waals surface area (Å²) < 4.78 is 13.2. The zero-order valence-electron chi connectivity index (χ0n) is 12.3. The highest BCUT2D eigenvalue weighted by atomic mass is 35.5. The molecule has 112 valence electrons. The van der Waals surface area contributed by atoms with E-state index < -0.39 is 0 Å². The van der Waals surface area contributed by atoms with Crippen molar-refractivity contribution in [3.63, 3.8) is 0 Å². The number of hydrogen-bond acceptors (Lipinski definition) is 1. The van der Waals surface area contributed by atoms with E-state index >= 15 is 0 Å². The van der Waals surface area contributed by atoms with Gasteiger partial charge in [-0.2, -0.15) is 0 Å². The maximum Gasteiger partial charge on any atom is 0.141 e. The topological polar surface area (TPSA) is 12.0 Å². The van der Waals surface area contributed by atoms with Crippen molar-refractivity contribution in [3.05, 3.63) is 34.6 Å². The highest BCUT2D eigenvalue weighted by Crippen LogP contribution is 2.28. The van der Waals surface area contributed by atoms with Crippen molar-refractivity contribution in [3.8, 4) is 0 Å². The fourth-order valence-corrected chi connectivity index (χ4v) is 3.40. The molecule has 20 heavy (non-hydrogen) atoms. The normalized spacial score (nSPS) is 18.1. The third-order valence-electron chi connectivity index (χ3n) is 4.32. The summed E-state index contributed by atoms with van der Waals surface area (Å²) in [5.74, 6) is 0.422. The van der Waals surface area contributed by atoms with Crippen LogP contribution in [0.4, 0.5) is 4.39 Å². The van der Waals surface area contributed by atoms with E-state index in [1.165, 1.54) is 38.2 Å². The maximum absolute atomic E-state index is 13.2. The Morgan fingerprint density at radius 3 is 2.70 bits per heavy atom. The summed E-state index contributed by atoms with van der Waals surface area (Å²) in [6, 6.07) is 5.62. The van der Waals surface area contributed by atoms with E-state index in [-0.39, 0.29) is 10.8 Å². The highest BCUT2D eigenvalue weighted by molar-refractivity contribution is 6.30. The SMILES string of the molecule is CCCNC(Cc1ccc(F)c(Cl)c1)C1CCCCC1. The lowest BCUT2D eigenvalue weighted by molar-refractivity contribution is 0.267. The maximum atomic E-state index is 13.2. The molecule has 1 fully saturated rings. The van der Waals surface area contributed by atoms with Crippen molar-refractivity contribution in [2.24, 2.45) is 5.92 Å². The van der Waals surface area contributed by atoms with Crippen molar-refractivity contribution < 1.29 is 4.39 Å². The largest absolute Gasteiger partial charge is 0.313 e. The summed E-state index contributed by atoms with van der Waals surface area (Å²) in [6.07, 6.45) is 8.79. The molecule has 1 unspecified atom stereocenters. The Labute approximate surface area is 126 Å². The van der Waals surface area contributed by atoms with Crippen LogP contribution in [0.5, 0.6) is 0 Å². The molecule has 1 atom stereocenters. The van der Waals surface area contributed by atoms with Gasteiger partial charge in [0.05, 0.1) is 5.02 Å². The zero-order chi connectivity index (χ0) is 14.4. The first-order valence-corrected chi connectivity index (χ1v) is 8.25. The van der Waals surface area contributed by atoms with E-state index in [2.05, 4.69) is 12.2 Å². The molecule has 3 heteroatoms. The molecule has 1 N–H and O–H groups in total. The smallest absolute Gasteiger partial charge is 0.141 e. The van der Waals surface area contributed by atoms with Crippen LogP contribution in [-0.2, 0) is 6.42 Å². The van der Waals surface area contributed by atoms with E-state index in [1.54, 1.807) is 6.07 Å². The number of hydrogen-bond donors (Lipinski definition) is 1. The molecule has 1 nitrogen and oxygen atoms in total. The Kier molecular flexibility index (Phi) is 6.31. The van der Waals surface area contributed by atoms with Crippen LogP contribution in [0.15, 0.2) is 18.2 Å². The van der Waals surface area contributed by atoms with E-state index in [9.17, 15) is 4.39 Å². The zero-order valence-corrected chi connectivity index (χ0v) is 13.1. The third-order valence-corrected chi connectivity index (χ3v) is 4.60. The van der Waals surface area contributed by atoms with Crippen LogP contribution in [0.1, 0.15) is 51.0 Å². The fraction of sp³-hybridized carbons (Fsp3) is 0.647. The second-order valence-electron chi connectivity index (χ2n) is 5.91. The molecule has 1 aliphatic rings. The fourth-order valence-electron chi connectivity index (χ4n) is 3.19. The Morgan fingerprint density at radius 1 is 1.30 bits per heavy atom. The summed E-state index contributed by atoms with van der Waals surface area (Å²) in [5.41, 5.74) is 1.13. The first-order chi connectivity index (χ1) is 9.70. The van der Waals surface area contributed by atoms with E-state index in [1.807, 2.05) is 6.07 Å². The molecule has 0 aliphatic heterocycles. The third kappa shape index (κ3) is 4.46. The first kappa shape index (κ1) is 15.8. The summed E-state index contributed by atoms with van der Waals surface area (Å²) in [6.45, 7) is 3.25. The molecule has 1 aromatic carbocycles. The quantitative estimate of drug-likeness (QED) is 0.781. The van der Waals surface area contributed by atoms with Crippen LogP contribution >= 0.6 is 11.6 Å². The van der Waals surface area contributed by atoms with E-state index in [0.29, 0.717) is 6.04 Å². The Bertz CT molecular complexity index is 415. The molecule has 0 amide bonds. The van der Waals surface area contributed by atoms with Gasteiger partial charge >= 0.3 is 0 Å². The van der Waals surface area contributed by atoms with Gasteiger partial charge < -0.3 is 5.32 Å². The molecule has 1 aromatic rings. The summed E-state index contributed by atoms with van der Waals surface area (Å²) in [7, 11) is 0. The predicted octanol–water partition coefficient (Wildman–Crippen LogP) is 4.97. The van der Waals surface area contributed by atoms with Crippen LogP contribution in [0.3, 0.4) is 0 Å². The molecular weight excluding hydrogens is 273 g/mol. The molecular formula is C17H25ClFN. The van der Waals surface area contributed by atoms with Crippen LogP contribution in [0.2, 0.25) is 5.02 Å². The van der Waals surface area contributed by atoms with Crippen molar-refractivity contribution in [1.82, 2.24) is 5.32 Å². The minimum Gasteiger partial charge on any atom is -0.313 e. The van der Waals surface area contributed by atoms with Gasteiger partial charge in [-0.05, 0) is 55.8 Å². The molecule has 1 saturated carbocycles. The molecule has 0 heterocycles. The summed E-state index contributed by atoms with van der Waals surface area (Å²) in [5, 5.41) is 3.92. The molecule has 0 bridgehead atoms. The van der Waals surface area contributed by atoms with Gasteiger partial charge in [0.1, 0.15) is 5.82 Å². The standard InChI is InChI=1S/C17H25ClFN/c1-2-10-20-17(14-6-4-3-5-7-14)12-13-8-9-16(19)15(18)11-13/h8-9,11,14,17,20H,2-7,10,12H2,1H3. The summed E-state index contributed by atoms with van der Waals surface area (Å²) >= 11 is 5.89. The monoisotopic (exact) mass is 297 g/mol. The molecule has 0 spiro atoms. The Balaban J connectivity index is 2.03. The van der Waals surface area contributed by atoms with E-state index in [0.717, 1.165) is 30.9 Å². The number of halogens is 2. The van der Waals surface area contributed by atoms with Gasteiger partial charge in [0.15, 0.2) is 0 Å². The van der Waals surface area contributed by atoms with Gasteiger partial charge in [-0.1, -0.05) is 43.9 Å². The number of nitrogens with one attached hydrogen (secondary N) is 1. The van der Waals surface area contributed by atoms with Gasteiger partial charge in [-0.15, -0.1) is 0 Å². The molecule has 2 rings (SSSR count). The minimum atomic E-state index is -0.328. The molecule has 1 aliphatic carbocycles. The highest BCUT2D eigenvalue weighted by Gasteiger charge is 2.23. The lowest BCUT2D eigenvalue weighted by Gasteiger charge is -2.31. The van der Waals surface area contributed by atoms with Crippen LogP contribution in [0, 0.1) is 11.7 Å². The van der Waals surface area contributed by atoms with E-state index in [4.69, 9.17) is 11.6 Å². The predicted molar refractivity (Wildman–Crippen MR) is 83.8 cm³/mol. The van der Waals surface area contributed by atoms with Crippen LogP contribution in [0.25, 0.3) is 0 Å². The molecule has 0 radical (unpaired) electrons.